The number of para-hydroxylation sites is 1. The van der Waals surface area contributed by atoms with Gasteiger partial charge in [0.25, 0.3) is 11.5 Å². The maximum absolute atomic E-state index is 13.7. The second-order valence-electron chi connectivity index (χ2n) is 7.86. The average molecular weight is 480 g/mol. The average Bonchev–Trinajstić information content (AvgIpc) is 3.27. The van der Waals surface area contributed by atoms with Crippen LogP contribution in [0.15, 0.2) is 53.5 Å². The Morgan fingerprint density at radius 3 is 2.68 bits per heavy atom. The summed E-state index contributed by atoms with van der Waals surface area (Å²) in [6, 6.07) is 13.4. The molecule has 0 saturated carbocycles. The number of fused-ring (bicyclic) bond motifs is 3. The fourth-order valence-corrected chi connectivity index (χ4v) is 5.15. The molecule has 34 heavy (non-hydrogen) atoms. The molecule has 0 saturated heterocycles. The van der Waals surface area contributed by atoms with Gasteiger partial charge in [-0.2, -0.15) is 0 Å². The molecule has 0 aliphatic carbocycles. The number of hydrogen-bond donors (Lipinski definition) is 3. The fraction of sp³-hybridized carbons (Fsp3) is 0.320. The molecule has 178 valence electrons. The van der Waals surface area contributed by atoms with Crippen molar-refractivity contribution >= 4 is 38.2 Å². The summed E-state index contributed by atoms with van der Waals surface area (Å²) in [5, 5.41) is 10.7. The summed E-state index contributed by atoms with van der Waals surface area (Å²) in [5.74, 6) is 0.100. The molecule has 8 nitrogen and oxygen atoms in total. The van der Waals surface area contributed by atoms with Crippen molar-refractivity contribution in [3.63, 3.8) is 0 Å². The van der Waals surface area contributed by atoms with Gasteiger partial charge in [-0.15, -0.1) is 11.3 Å². The molecule has 1 amide bonds. The smallest absolute Gasteiger partial charge is 0.265 e. The third-order valence-electron chi connectivity index (χ3n) is 5.59. The molecule has 3 N–H and O–H groups in total. The van der Waals surface area contributed by atoms with Gasteiger partial charge in [-0.3, -0.25) is 14.6 Å². The second-order valence-corrected chi connectivity index (χ2v) is 8.88. The van der Waals surface area contributed by atoms with Gasteiger partial charge >= 0.3 is 0 Å². The molecule has 0 atom stereocenters. The zero-order valence-corrected chi connectivity index (χ0v) is 20.2. The largest absolute Gasteiger partial charge is 0.494 e. The minimum absolute atomic E-state index is 0.194. The molecule has 9 heteroatoms. The quantitative estimate of drug-likeness (QED) is 0.286. The maximum Gasteiger partial charge on any atom is 0.265 e. The first-order valence-electron chi connectivity index (χ1n) is 11.3. The predicted octanol–water partition coefficient (Wildman–Crippen LogP) is 2.60. The van der Waals surface area contributed by atoms with Crippen LogP contribution in [0.25, 0.3) is 21.0 Å². The van der Waals surface area contributed by atoms with Crippen LogP contribution >= 0.6 is 11.3 Å². The number of thiophene rings is 1. The number of carbonyl (C=O) groups is 1. The molecule has 0 bridgehead atoms. The number of pyridine rings is 2. The van der Waals surface area contributed by atoms with Gasteiger partial charge < -0.3 is 25.3 Å². The lowest BCUT2D eigenvalue weighted by atomic mass is 10.1. The van der Waals surface area contributed by atoms with E-state index in [1.54, 1.807) is 10.8 Å². The van der Waals surface area contributed by atoms with Crippen LogP contribution in [0, 0.1) is 0 Å². The van der Waals surface area contributed by atoms with E-state index in [2.05, 4.69) is 20.9 Å². The van der Waals surface area contributed by atoms with Gasteiger partial charge in [0.05, 0.1) is 29.6 Å². The van der Waals surface area contributed by atoms with Crippen molar-refractivity contribution < 1.29 is 9.53 Å². The van der Waals surface area contributed by atoms with Gasteiger partial charge in [-0.05, 0) is 38.2 Å². The lowest BCUT2D eigenvalue weighted by Gasteiger charge is -2.11. The Labute approximate surface area is 202 Å². The van der Waals surface area contributed by atoms with Crippen molar-refractivity contribution in [2.45, 2.75) is 13.0 Å². The minimum atomic E-state index is -0.229. The Balaban J connectivity index is 1.68. The molecule has 1 aromatic carbocycles. The molecule has 3 aromatic heterocycles. The van der Waals surface area contributed by atoms with Gasteiger partial charge in [0.15, 0.2) is 5.75 Å². The van der Waals surface area contributed by atoms with Crippen LogP contribution in [0.3, 0.4) is 0 Å². The van der Waals surface area contributed by atoms with Crippen LogP contribution in [-0.4, -0.2) is 55.8 Å². The van der Waals surface area contributed by atoms with Crippen LogP contribution in [-0.2, 0) is 6.54 Å². The van der Waals surface area contributed by atoms with E-state index in [4.69, 9.17) is 4.74 Å². The summed E-state index contributed by atoms with van der Waals surface area (Å²) in [5.41, 5.74) is 1.39. The number of ether oxygens (including phenoxy) is 1. The Morgan fingerprint density at radius 1 is 1.09 bits per heavy atom. The zero-order chi connectivity index (χ0) is 23.9. The maximum atomic E-state index is 13.7. The van der Waals surface area contributed by atoms with Crippen molar-refractivity contribution in [3.8, 4) is 5.75 Å². The first kappa shape index (κ1) is 23.9. The molecular formula is C25H29N5O3S. The van der Waals surface area contributed by atoms with E-state index >= 15 is 0 Å². The summed E-state index contributed by atoms with van der Waals surface area (Å²) in [7, 11) is 3.42. The van der Waals surface area contributed by atoms with Crippen LogP contribution in [0.5, 0.6) is 5.75 Å². The highest BCUT2D eigenvalue weighted by molar-refractivity contribution is 7.22. The molecule has 4 aromatic rings. The normalized spacial score (nSPS) is 11.2. The number of nitrogens with zero attached hydrogens (tertiary/aromatic N) is 2. The monoisotopic (exact) mass is 479 g/mol. The molecule has 0 spiro atoms. The Hall–Kier alpha value is -3.27. The molecule has 0 unspecified atom stereocenters. The first-order chi connectivity index (χ1) is 16.7. The standard InChI is InChI=1S/C25H29N5O3S/c1-26-14-15-27-11-7-13-29-24(31)23-21(33-2)20-22(34-23)18-9-3-4-10-19(18)30(25(20)32)16-17-8-5-6-12-28-17/h3-6,8-10,12,26-27H,7,11,13-16H2,1-2H3,(H,29,31). The summed E-state index contributed by atoms with van der Waals surface area (Å²) in [4.78, 5) is 31.5. The van der Waals surface area contributed by atoms with Crippen LogP contribution in [0.1, 0.15) is 21.8 Å². The van der Waals surface area contributed by atoms with E-state index in [0.29, 0.717) is 29.1 Å². The third-order valence-corrected chi connectivity index (χ3v) is 6.79. The van der Waals surface area contributed by atoms with E-state index in [0.717, 1.165) is 47.4 Å². The van der Waals surface area contributed by atoms with E-state index in [9.17, 15) is 9.59 Å². The number of carbonyl (C=O) groups excluding carboxylic acids is 1. The number of benzene rings is 1. The highest BCUT2D eigenvalue weighted by Crippen LogP contribution is 2.39. The Kier molecular flexibility index (Phi) is 7.89. The zero-order valence-electron chi connectivity index (χ0n) is 19.4. The van der Waals surface area contributed by atoms with Gasteiger partial charge in [0.1, 0.15) is 10.3 Å². The molecule has 0 aliphatic rings. The van der Waals surface area contributed by atoms with Gasteiger partial charge in [-0.25, -0.2) is 0 Å². The number of amides is 1. The van der Waals surface area contributed by atoms with Crippen molar-refractivity contribution in [3.05, 3.63) is 69.6 Å². The van der Waals surface area contributed by atoms with E-state index in [1.807, 2.05) is 49.5 Å². The SMILES string of the molecule is CNCCNCCCNC(=O)c1sc2c(c1OC)c(=O)n(Cc1ccccn1)c1ccccc21. The number of rotatable bonds is 11. The third kappa shape index (κ3) is 4.96. The summed E-state index contributed by atoms with van der Waals surface area (Å²) in [6.45, 7) is 3.46. The van der Waals surface area contributed by atoms with E-state index < -0.39 is 0 Å². The summed E-state index contributed by atoms with van der Waals surface area (Å²) >= 11 is 1.30. The van der Waals surface area contributed by atoms with Crippen molar-refractivity contribution in [1.82, 2.24) is 25.5 Å². The topological polar surface area (TPSA) is 97.3 Å². The molecule has 0 aliphatic heterocycles. The number of aromatic nitrogens is 2. The van der Waals surface area contributed by atoms with Crippen molar-refractivity contribution in [2.75, 3.05) is 40.3 Å². The Bertz CT molecular complexity index is 1330. The number of methoxy groups -OCH3 is 1. The number of likely N-dealkylation sites (N-methyl/N-ethyl adjacent to an activating group) is 1. The number of nitrogens with one attached hydrogen (secondary N) is 3. The van der Waals surface area contributed by atoms with E-state index in [-0.39, 0.29) is 11.5 Å². The van der Waals surface area contributed by atoms with Crippen LogP contribution in [0.4, 0.5) is 0 Å². The minimum Gasteiger partial charge on any atom is -0.494 e. The van der Waals surface area contributed by atoms with Gasteiger partial charge in [0.2, 0.25) is 0 Å². The molecular weight excluding hydrogens is 450 g/mol. The number of hydrogen-bond acceptors (Lipinski definition) is 7. The lowest BCUT2D eigenvalue weighted by molar-refractivity contribution is 0.0954. The highest BCUT2D eigenvalue weighted by Gasteiger charge is 2.24. The molecule has 4 rings (SSSR count). The predicted molar refractivity (Wildman–Crippen MR) is 137 cm³/mol. The summed E-state index contributed by atoms with van der Waals surface area (Å²) in [6.07, 6.45) is 2.52. The Morgan fingerprint density at radius 2 is 1.91 bits per heavy atom. The molecule has 0 radical (unpaired) electrons. The van der Waals surface area contributed by atoms with Crippen LogP contribution in [0.2, 0.25) is 0 Å². The summed E-state index contributed by atoms with van der Waals surface area (Å²) < 4.78 is 8.09. The van der Waals surface area contributed by atoms with Crippen molar-refractivity contribution in [2.24, 2.45) is 0 Å². The highest BCUT2D eigenvalue weighted by atomic mass is 32.1. The molecule has 0 fully saturated rings. The van der Waals surface area contributed by atoms with Gasteiger partial charge in [0, 0.05) is 31.2 Å². The van der Waals surface area contributed by atoms with E-state index in [1.165, 1.54) is 18.4 Å². The van der Waals surface area contributed by atoms with Crippen LogP contribution < -0.4 is 26.2 Å². The second kappa shape index (κ2) is 11.2. The van der Waals surface area contributed by atoms with Crippen molar-refractivity contribution in [1.29, 1.82) is 0 Å². The van der Waals surface area contributed by atoms with Gasteiger partial charge in [-0.1, -0.05) is 24.3 Å². The fourth-order valence-electron chi connectivity index (χ4n) is 3.93. The first-order valence-corrected chi connectivity index (χ1v) is 12.1. The lowest BCUT2D eigenvalue weighted by Crippen LogP contribution is -2.29. The molecule has 3 heterocycles.